The molecule has 0 aromatic heterocycles. The highest BCUT2D eigenvalue weighted by molar-refractivity contribution is 7.98. The Balaban J connectivity index is 3.14. The SMILES string of the molecule is CCC(CSC)Nc1ccc(N)cc1S(=O)(=O)NC. The van der Waals surface area contributed by atoms with E-state index in [0.29, 0.717) is 11.4 Å². The molecular formula is C12H21N3O2S2. The van der Waals surface area contributed by atoms with Crippen LogP contribution in [0.3, 0.4) is 0 Å². The maximum atomic E-state index is 12.0. The number of nitrogens with two attached hydrogens (primary N) is 1. The second-order valence-electron chi connectivity index (χ2n) is 4.17. The van der Waals surface area contributed by atoms with Gasteiger partial charge in [-0.2, -0.15) is 11.8 Å². The first-order valence-electron chi connectivity index (χ1n) is 6.03. The summed E-state index contributed by atoms with van der Waals surface area (Å²) in [6.45, 7) is 2.07. The molecule has 0 saturated carbocycles. The van der Waals surface area contributed by atoms with Crippen molar-refractivity contribution in [3.8, 4) is 0 Å². The zero-order chi connectivity index (χ0) is 14.5. The summed E-state index contributed by atoms with van der Waals surface area (Å²) in [4.78, 5) is 0.189. The van der Waals surface area contributed by atoms with Crippen molar-refractivity contribution in [2.24, 2.45) is 0 Å². The fraction of sp³-hybridized carbons (Fsp3) is 0.500. The molecule has 0 fully saturated rings. The van der Waals surface area contributed by atoms with E-state index in [4.69, 9.17) is 5.73 Å². The van der Waals surface area contributed by atoms with Crippen LogP contribution in [0.25, 0.3) is 0 Å². The summed E-state index contributed by atoms with van der Waals surface area (Å²) in [5, 5.41) is 3.27. The van der Waals surface area contributed by atoms with Gasteiger partial charge in [0, 0.05) is 17.5 Å². The lowest BCUT2D eigenvalue weighted by molar-refractivity contribution is 0.588. The number of nitrogens with one attached hydrogen (secondary N) is 2. The van der Waals surface area contributed by atoms with Gasteiger partial charge in [0.05, 0.1) is 5.69 Å². The number of nitrogen functional groups attached to an aromatic ring is 1. The molecule has 0 aliphatic heterocycles. The first kappa shape index (κ1) is 16.1. The van der Waals surface area contributed by atoms with Crippen molar-refractivity contribution >= 4 is 33.2 Å². The van der Waals surface area contributed by atoms with E-state index in [0.717, 1.165) is 12.2 Å². The Bertz CT molecular complexity index is 518. The topological polar surface area (TPSA) is 84.2 Å². The van der Waals surface area contributed by atoms with Gasteiger partial charge in [0.2, 0.25) is 10.0 Å². The van der Waals surface area contributed by atoms with Crippen molar-refractivity contribution in [1.29, 1.82) is 0 Å². The van der Waals surface area contributed by atoms with E-state index in [2.05, 4.69) is 17.0 Å². The van der Waals surface area contributed by atoms with Crippen LogP contribution in [0, 0.1) is 0 Å². The van der Waals surface area contributed by atoms with Crippen molar-refractivity contribution in [1.82, 2.24) is 4.72 Å². The lowest BCUT2D eigenvalue weighted by atomic mass is 10.2. The maximum Gasteiger partial charge on any atom is 0.242 e. The normalized spacial score (nSPS) is 13.2. The lowest BCUT2D eigenvalue weighted by Crippen LogP contribution is -2.25. The van der Waals surface area contributed by atoms with E-state index >= 15 is 0 Å². The third-order valence-corrected chi connectivity index (χ3v) is 4.97. The molecule has 1 aromatic carbocycles. The molecular weight excluding hydrogens is 282 g/mol. The van der Waals surface area contributed by atoms with E-state index in [1.54, 1.807) is 23.9 Å². The zero-order valence-corrected chi connectivity index (χ0v) is 13.1. The molecule has 0 aliphatic carbocycles. The number of sulfonamides is 1. The van der Waals surface area contributed by atoms with Gasteiger partial charge in [-0.25, -0.2) is 13.1 Å². The van der Waals surface area contributed by atoms with Crippen molar-refractivity contribution in [2.45, 2.75) is 24.3 Å². The predicted molar refractivity (Wildman–Crippen MR) is 83.2 cm³/mol. The van der Waals surface area contributed by atoms with Gasteiger partial charge in [-0.1, -0.05) is 6.92 Å². The van der Waals surface area contributed by atoms with E-state index < -0.39 is 10.0 Å². The second-order valence-corrected chi connectivity index (χ2v) is 6.93. The Hall–Kier alpha value is -0.920. The molecule has 0 bridgehead atoms. The minimum Gasteiger partial charge on any atom is -0.399 e. The fourth-order valence-electron chi connectivity index (χ4n) is 1.67. The van der Waals surface area contributed by atoms with Crippen LogP contribution in [0.1, 0.15) is 13.3 Å². The summed E-state index contributed by atoms with van der Waals surface area (Å²) >= 11 is 1.72. The van der Waals surface area contributed by atoms with E-state index in [-0.39, 0.29) is 10.9 Å². The molecule has 0 aliphatic rings. The molecule has 19 heavy (non-hydrogen) atoms. The average Bonchev–Trinajstić information content (AvgIpc) is 2.39. The van der Waals surface area contributed by atoms with E-state index in [1.807, 2.05) is 6.26 Å². The van der Waals surface area contributed by atoms with Crippen LogP contribution in [0.5, 0.6) is 0 Å². The molecule has 0 heterocycles. The number of benzene rings is 1. The molecule has 5 nitrogen and oxygen atoms in total. The van der Waals surface area contributed by atoms with Crippen LogP contribution in [0.4, 0.5) is 11.4 Å². The van der Waals surface area contributed by atoms with E-state index in [9.17, 15) is 8.42 Å². The monoisotopic (exact) mass is 303 g/mol. The molecule has 1 unspecified atom stereocenters. The van der Waals surface area contributed by atoms with Gasteiger partial charge in [-0.05, 0) is 37.9 Å². The quantitative estimate of drug-likeness (QED) is 0.668. The molecule has 0 saturated heterocycles. The van der Waals surface area contributed by atoms with Crippen molar-refractivity contribution in [3.63, 3.8) is 0 Å². The van der Waals surface area contributed by atoms with Gasteiger partial charge in [-0.15, -0.1) is 0 Å². The largest absolute Gasteiger partial charge is 0.399 e. The van der Waals surface area contributed by atoms with Crippen LogP contribution in [-0.2, 0) is 10.0 Å². The summed E-state index contributed by atoms with van der Waals surface area (Å²) in [6.07, 6.45) is 2.95. The minimum atomic E-state index is -3.52. The Kier molecular flexibility index (Phi) is 5.96. The third kappa shape index (κ3) is 4.29. The molecule has 0 radical (unpaired) electrons. The summed E-state index contributed by atoms with van der Waals surface area (Å²) in [6, 6.07) is 5.11. The Morgan fingerprint density at radius 1 is 1.42 bits per heavy atom. The highest BCUT2D eigenvalue weighted by atomic mass is 32.2. The van der Waals surface area contributed by atoms with Gasteiger partial charge >= 0.3 is 0 Å². The van der Waals surface area contributed by atoms with Crippen molar-refractivity contribution in [3.05, 3.63) is 18.2 Å². The predicted octanol–water partition coefficient (Wildman–Crippen LogP) is 1.73. The third-order valence-electron chi connectivity index (χ3n) is 2.78. The first-order chi connectivity index (χ1) is 8.94. The Morgan fingerprint density at radius 2 is 2.11 bits per heavy atom. The van der Waals surface area contributed by atoms with Crippen molar-refractivity contribution < 1.29 is 8.42 Å². The Morgan fingerprint density at radius 3 is 2.63 bits per heavy atom. The van der Waals surface area contributed by atoms with Crippen LogP contribution in [-0.4, -0.2) is 33.5 Å². The molecule has 1 atom stereocenters. The second kappa shape index (κ2) is 7.02. The van der Waals surface area contributed by atoms with Gasteiger partial charge < -0.3 is 11.1 Å². The summed E-state index contributed by atoms with van der Waals surface area (Å²) in [7, 11) is -2.13. The summed E-state index contributed by atoms with van der Waals surface area (Å²) < 4.78 is 26.3. The van der Waals surface area contributed by atoms with Crippen LogP contribution in [0.15, 0.2) is 23.1 Å². The van der Waals surface area contributed by atoms with Gasteiger partial charge in [-0.3, -0.25) is 0 Å². The fourth-order valence-corrected chi connectivity index (χ4v) is 3.32. The lowest BCUT2D eigenvalue weighted by Gasteiger charge is -2.20. The zero-order valence-electron chi connectivity index (χ0n) is 11.4. The molecule has 4 N–H and O–H groups in total. The van der Waals surface area contributed by atoms with Gasteiger partial charge in [0.1, 0.15) is 4.90 Å². The standard InChI is InChI=1S/C12H21N3O2S2/c1-4-10(8-18-3)15-11-6-5-9(13)7-12(11)19(16,17)14-2/h5-7,10,14-15H,4,8,13H2,1-3H3. The van der Waals surface area contributed by atoms with Gasteiger partial charge in [0.15, 0.2) is 0 Å². The molecule has 7 heteroatoms. The van der Waals surface area contributed by atoms with Crippen LogP contribution in [0.2, 0.25) is 0 Å². The summed E-state index contributed by atoms with van der Waals surface area (Å²) in [5.74, 6) is 0.917. The summed E-state index contributed by atoms with van der Waals surface area (Å²) in [5.41, 5.74) is 6.69. The number of hydrogen-bond acceptors (Lipinski definition) is 5. The van der Waals surface area contributed by atoms with Crippen LogP contribution < -0.4 is 15.8 Å². The highest BCUT2D eigenvalue weighted by Crippen LogP contribution is 2.25. The Labute approximate surface area is 119 Å². The highest BCUT2D eigenvalue weighted by Gasteiger charge is 2.18. The minimum absolute atomic E-state index is 0.189. The molecule has 1 aromatic rings. The maximum absolute atomic E-state index is 12.0. The molecule has 0 spiro atoms. The van der Waals surface area contributed by atoms with Crippen LogP contribution >= 0.6 is 11.8 Å². The number of rotatable bonds is 7. The molecule has 108 valence electrons. The number of hydrogen-bond donors (Lipinski definition) is 3. The van der Waals surface area contributed by atoms with Gasteiger partial charge in [0.25, 0.3) is 0 Å². The average molecular weight is 303 g/mol. The van der Waals surface area contributed by atoms with E-state index in [1.165, 1.54) is 13.1 Å². The number of thioether (sulfide) groups is 1. The smallest absolute Gasteiger partial charge is 0.242 e. The number of anilines is 2. The molecule has 0 amide bonds. The molecule has 1 rings (SSSR count). The first-order valence-corrected chi connectivity index (χ1v) is 8.90. The van der Waals surface area contributed by atoms with Crippen molar-refractivity contribution in [2.75, 3.05) is 30.1 Å².